The van der Waals surface area contributed by atoms with Crippen molar-refractivity contribution in [3.8, 4) is 22.6 Å². The van der Waals surface area contributed by atoms with Gasteiger partial charge >= 0.3 is 5.97 Å². The van der Waals surface area contributed by atoms with Gasteiger partial charge < -0.3 is 14.5 Å². The zero-order valence-corrected chi connectivity index (χ0v) is 24.0. The van der Waals surface area contributed by atoms with Crippen LogP contribution >= 0.6 is 23.2 Å². The lowest BCUT2D eigenvalue weighted by Crippen LogP contribution is -2.19. The first kappa shape index (κ1) is 29.3. The van der Waals surface area contributed by atoms with E-state index in [1.54, 1.807) is 49.4 Å². The number of rotatable bonds is 9. The average Bonchev–Trinajstić information content (AvgIpc) is 3.37. The summed E-state index contributed by atoms with van der Waals surface area (Å²) in [5, 5.41) is 16.7. The summed E-state index contributed by atoms with van der Waals surface area (Å²) in [6.07, 6.45) is 1.41. The molecule has 0 saturated carbocycles. The molecule has 216 valence electrons. The topological polar surface area (TPSA) is 136 Å². The van der Waals surface area contributed by atoms with E-state index in [9.17, 15) is 19.7 Å². The Labute approximate surface area is 255 Å². The number of halogens is 2. The Balaban J connectivity index is 1.36. The van der Waals surface area contributed by atoms with Crippen molar-refractivity contribution in [3.63, 3.8) is 0 Å². The van der Waals surface area contributed by atoms with E-state index in [1.165, 1.54) is 36.5 Å². The SMILES string of the molecule is CCOc1cc(C=NNC(=O)c2[nH]c3ccc(Cl)cc3c2-c2ccccc2Cl)ccc1OC(=O)c1ccc([N+](=O)[O-])cc1. The van der Waals surface area contributed by atoms with Crippen LogP contribution in [0.5, 0.6) is 11.5 Å². The van der Waals surface area contributed by atoms with Crippen molar-refractivity contribution in [1.29, 1.82) is 0 Å². The third-order valence-electron chi connectivity index (χ3n) is 6.29. The molecule has 5 aromatic rings. The van der Waals surface area contributed by atoms with Crippen LogP contribution in [0.25, 0.3) is 22.0 Å². The maximum atomic E-state index is 13.3. The Morgan fingerprint density at radius 1 is 1.00 bits per heavy atom. The second kappa shape index (κ2) is 12.8. The minimum atomic E-state index is -0.710. The summed E-state index contributed by atoms with van der Waals surface area (Å²) < 4.78 is 11.1. The van der Waals surface area contributed by atoms with Crippen molar-refractivity contribution in [2.24, 2.45) is 5.10 Å². The van der Waals surface area contributed by atoms with Gasteiger partial charge in [-0.15, -0.1) is 0 Å². The molecule has 0 fully saturated rings. The third kappa shape index (κ3) is 6.50. The van der Waals surface area contributed by atoms with Gasteiger partial charge in [0.05, 0.1) is 23.3 Å². The molecule has 12 heteroatoms. The van der Waals surface area contributed by atoms with Crippen molar-refractivity contribution >= 4 is 57.9 Å². The highest BCUT2D eigenvalue weighted by Crippen LogP contribution is 2.37. The molecule has 0 bridgehead atoms. The van der Waals surface area contributed by atoms with Crippen LogP contribution in [-0.4, -0.2) is 34.6 Å². The fourth-order valence-corrected chi connectivity index (χ4v) is 4.74. The molecule has 5 rings (SSSR count). The van der Waals surface area contributed by atoms with E-state index in [2.05, 4.69) is 15.5 Å². The monoisotopic (exact) mass is 616 g/mol. The van der Waals surface area contributed by atoms with Gasteiger partial charge in [0, 0.05) is 44.2 Å². The number of fused-ring (bicyclic) bond motifs is 1. The van der Waals surface area contributed by atoms with E-state index < -0.39 is 16.8 Å². The second-order valence-electron chi connectivity index (χ2n) is 9.08. The van der Waals surface area contributed by atoms with E-state index in [0.29, 0.717) is 32.3 Å². The van der Waals surface area contributed by atoms with Crippen LogP contribution in [0.1, 0.15) is 33.3 Å². The van der Waals surface area contributed by atoms with Gasteiger partial charge in [-0.2, -0.15) is 5.10 Å². The first-order valence-electron chi connectivity index (χ1n) is 12.9. The summed E-state index contributed by atoms with van der Waals surface area (Å²) in [7, 11) is 0. The molecule has 2 N–H and O–H groups in total. The van der Waals surface area contributed by atoms with Crippen molar-refractivity contribution in [1.82, 2.24) is 10.4 Å². The molecular formula is C31H22Cl2N4O6. The summed E-state index contributed by atoms with van der Waals surface area (Å²) in [6.45, 7) is 2.06. The molecule has 0 spiro atoms. The first-order valence-corrected chi connectivity index (χ1v) is 13.6. The Morgan fingerprint density at radius 2 is 1.77 bits per heavy atom. The summed E-state index contributed by atoms with van der Waals surface area (Å²) in [5.41, 5.74) is 5.29. The number of benzene rings is 4. The Kier molecular flexibility index (Phi) is 8.70. The summed E-state index contributed by atoms with van der Waals surface area (Å²) in [6, 6.07) is 22.2. The van der Waals surface area contributed by atoms with Gasteiger partial charge in [0.2, 0.25) is 0 Å². The fraction of sp³-hybridized carbons (Fsp3) is 0.0645. The molecule has 4 aromatic carbocycles. The predicted molar refractivity (Wildman–Crippen MR) is 164 cm³/mol. The van der Waals surface area contributed by atoms with E-state index in [4.69, 9.17) is 32.7 Å². The second-order valence-corrected chi connectivity index (χ2v) is 9.92. The Morgan fingerprint density at radius 3 is 2.49 bits per heavy atom. The number of aromatic amines is 1. The molecule has 0 aliphatic heterocycles. The number of nitro benzene ring substituents is 1. The summed E-state index contributed by atoms with van der Waals surface area (Å²) in [4.78, 5) is 39.3. The van der Waals surface area contributed by atoms with Crippen molar-refractivity contribution in [3.05, 3.63) is 122 Å². The van der Waals surface area contributed by atoms with Crippen LogP contribution < -0.4 is 14.9 Å². The van der Waals surface area contributed by atoms with Crippen LogP contribution in [0.4, 0.5) is 5.69 Å². The summed E-state index contributed by atoms with van der Waals surface area (Å²) in [5.74, 6) is -0.801. The minimum absolute atomic E-state index is 0.136. The number of ether oxygens (including phenoxy) is 2. The number of esters is 1. The number of hydrogen-bond donors (Lipinski definition) is 2. The van der Waals surface area contributed by atoms with Crippen LogP contribution in [0.15, 0.2) is 90.0 Å². The number of nitro groups is 1. The molecule has 0 radical (unpaired) electrons. The number of amides is 1. The lowest BCUT2D eigenvalue weighted by molar-refractivity contribution is -0.384. The van der Waals surface area contributed by atoms with Gasteiger partial charge in [-0.3, -0.25) is 14.9 Å². The van der Waals surface area contributed by atoms with E-state index in [0.717, 1.165) is 5.39 Å². The van der Waals surface area contributed by atoms with Crippen LogP contribution in [0, 0.1) is 10.1 Å². The lowest BCUT2D eigenvalue weighted by Gasteiger charge is -2.11. The zero-order valence-electron chi connectivity index (χ0n) is 22.5. The molecule has 43 heavy (non-hydrogen) atoms. The number of carbonyl (C=O) groups is 2. The van der Waals surface area contributed by atoms with Gasteiger partial charge in [-0.1, -0.05) is 41.4 Å². The number of hydrazone groups is 1. The van der Waals surface area contributed by atoms with Gasteiger partial charge in [0.15, 0.2) is 11.5 Å². The highest BCUT2D eigenvalue weighted by atomic mass is 35.5. The van der Waals surface area contributed by atoms with E-state index in [-0.39, 0.29) is 35.1 Å². The number of nitrogens with one attached hydrogen (secondary N) is 2. The predicted octanol–water partition coefficient (Wildman–Crippen LogP) is 7.43. The smallest absolute Gasteiger partial charge is 0.343 e. The normalized spacial score (nSPS) is 11.0. The molecule has 1 amide bonds. The molecule has 0 unspecified atom stereocenters. The third-order valence-corrected chi connectivity index (χ3v) is 6.86. The maximum absolute atomic E-state index is 13.3. The zero-order chi connectivity index (χ0) is 30.5. The lowest BCUT2D eigenvalue weighted by atomic mass is 10.0. The van der Waals surface area contributed by atoms with Crippen LogP contribution in [0.2, 0.25) is 10.0 Å². The van der Waals surface area contributed by atoms with Gasteiger partial charge in [-0.25, -0.2) is 10.2 Å². The van der Waals surface area contributed by atoms with E-state index >= 15 is 0 Å². The molecule has 1 heterocycles. The Hall–Kier alpha value is -5.19. The molecule has 1 aromatic heterocycles. The minimum Gasteiger partial charge on any atom is -0.490 e. The molecule has 0 aliphatic rings. The number of H-pyrrole nitrogens is 1. The highest BCUT2D eigenvalue weighted by molar-refractivity contribution is 6.34. The fourth-order valence-electron chi connectivity index (χ4n) is 4.34. The van der Waals surface area contributed by atoms with E-state index in [1.807, 2.05) is 12.1 Å². The number of carbonyl (C=O) groups excluding carboxylic acids is 2. The Bertz CT molecular complexity index is 1890. The van der Waals surface area contributed by atoms with Crippen LogP contribution in [-0.2, 0) is 0 Å². The van der Waals surface area contributed by atoms with Gasteiger partial charge in [0.25, 0.3) is 11.6 Å². The van der Waals surface area contributed by atoms with Crippen molar-refractivity contribution in [2.45, 2.75) is 6.92 Å². The first-order chi connectivity index (χ1) is 20.7. The van der Waals surface area contributed by atoms with Crippen LogP contribution in [0.3, 0.4) is 0 Å². The molecule has 0 saturated heterocycles. The molecule has 10 nitrogen and oxygen atoms in total. The highest BCUT2D eigenvalue weighted by Gasteiger charge is 2.21. The maximum Gasteiger partial charge on any atom is 0.343 e. The van der Waals surface area contributed by atoms with Crippen molar-refractivity contribution in [2.75, 3.05) is 6.61 Å². The largest absolute Gasteiger partial charge is 0.490 e. The van der Waals surface area contributed by atoms with Crippen molar-refractivity contribution < 1.29 is 24.0 Å². The quantitative estimate of drug-likeness (QED) is 0.0581. The average molecular weight is 617 g/mol. The number of non-ortho nitro benzene ring substituents is 1. The van der Waals surface area contributed by atoms with Gasteiger partial charge in [-0.05, 0) is 67.1 Å². The summed E-state index contributed by atoms with van der Waals surface area (Å²) >= 11 is 12.7. The number of aromatic nitrogens is 1. The molecule has 0 aliphatic carbocycles. The number of nitrogens with zero attached hydrogens (tertiary/aromatic N) is 2. The number of hydrogen-bond acceptors (Lipinski definition) is 7. The standard InChI is InChI=1S/C31H22Cl2N4O6/c1-2-42-27-15-18(7-14-26(27)43-31(39)19-8-11-21(12-9-19)37(40)41)17-34-36-30(38)29-28(22-5-3-4-6-24(22)33)23-16-20(32)10-13-25(23)35-29/h3-17,35H,2H2,1H3,(H,36,38). The van der Waals surface area contributed by atoms with Gasteiger partial charge in [0.1, 0.15) is 5.69 Å². The molecule has 0 atom stereocenters. The molecular weight excluding hydrogens is 595 g/mol.